The highest BCUT2D eigenvalue weighted by Gasteiger charge is 2.19. The molecule has 0 saturated carbocycles. The third kappa shape index (κ3) is 4.47. The van der Waals surface area contributed by atoms with Crippen molar-refractivity contribution < 1.29 is 14.3 Å². The molecule has 0 heterocycles. The minimum absolute atomic E-state index is 0.0736. The van der Waals surface area contributed by atoms with Crippen molar-refractivity contribution in [3.8, 4) is 0 Å². The third-order valence-corrected chi connectivity index (χ3v) is 3.24. The van der Waals surface area contributed by atoms with Gasteiger partial charge < -0.3 is 9.47 Å². The van der Waals surface area contributed by atoms with Crippen molar-refractivity contribution in [2.45, 2.75) is 26.9 Å². The number of aryl methyl sites for hydroxylation is 2. The third-order valence-electron chi connectivity index (χ3n) is 3.01. The highest BCUT2D eigenvalue weighted by Crippen LogP contribution is 2.25. The fraction of sp³-hybridized carbons (Fsp3) is 0.533. The molecule has 0 spiro atoms. The zero-order valence-corrected chi connectivity index (χ0v) is 13.2. The number of hydrogen-bond acceptors (Lipinski definition) is 3. The number of halogens is 1. The Balaban J connectivity index is 2.93. The monoisotopic (exact) mass is 299 g/mol. The van der Waals surface area contributed by atoms with Gasteiger partial charge in [0.2, 0.25) is 5.91 Å². The fourth-order valence-electron chi connectivity index (χ4n) is 2.05. The lowest BCUT2D eigenvalue weighted by Gasteiger charge is -2.27. The number of carbonyl (C=O) groups excluding carboxylic acids is 1. The van der Waals surface area contributed by atoms with Crippen molar-refractivity contribution >= 4 is 23.2 Å². The van der Waals surface area contributed by atoms with Gasteiger partial charge in [0.25, 0.3) is 0 Å². The standard InChI is InChI=1S/C15H22ClNO3/c1-11-6-5-7-12(2)15(11)17(14(18)8-16)10-20-13(3)9-19-4/h5-7,13H,8-10H2,1-4H3. The lowest BCUT2D eigenvalue weighted by Crippen LogP contribution is -2.37. The Morgan fingerprint density at radius 3 is 2.45 bits per heavy atom. The van der Waals surface area contributed by atoms with Gasteiger partial charge in [-0.15, -0.1) is 11.6 Å². The van der Waals surface area contributed by atoms with Gasteiger partial charge in [0.1, 0.15) is 12.6 Å². The summed E-state index contributed by atoms with van der Waals surface area (Å²) in [6.07, 6.45) is -0.0880. The fourth-order valence-corrected chi connectivity index (χ4v) is 2.19. The number of anilines is 1. The second-order valence-corrected chi connectivity index (χ2v) is 5.02. The number of amides is 1. The first kappa shape index (κ1) is 17.0. The van der Waals surface area contributed by atoms with Crippen LogP contribution in [0.2, 0.25) is 0 Å². The molecule has 0 saturated heterocycles. The molecule has 0 aliphatic carbocycles. The van der Waals surface area contributed by atoms with E-state index >= 15 is 0 Å². The second-order valence-electron chi connectivity index (χ2n) is 4.76. The molecule has 0 fully saturated rings. The summed E-state index contributed by atoms with van der Waals surface area (Å²) in [7, 11) is 1.62. The van der Waals surface area contributed by atoms with Crippen molar-refractivity contribution in [1.29, 1.82) is 0 Å². The van der Waals surface area contributed by atoms with Crippen LogP contribution in [-0.4, -0.2) is 38.3 Å². The smallest absolute Gasteiger partial charge is 0.243 e. The van der Waals surface area contributed by atoms with E-state index in [4.69, 9.17) is 21.1 Å². The Kier molecular flexibility index (Phi) is 6.99. The molecule has 1 rings (SSSR count). The summed E-state index contributed by atoms with van der Waals surface area (Å²) in [6, 6.07) is 5.90. The minimum Gasteiger partial charge on any atom is -0.382 e. The Labute approximate surface area is 125 Å². The van der Waals surface area contributed by atoms with Gasteiger partial charge in [-0.25, -0.2) is 0 Å². The average molecular weight is 300 g/mol. The normalized spacial score (nSPS) is 12.2. The molecule has 0 aliphatic rings. The van der Waals surface area contributed by atoms with Crippen LogP contribution in [0, 0.1) is 13.8 Å². The number of carbonyl (C=O) groups is 1. The van der Waals surface area contributed by atoms with Crippen molar-refractivity contribution in [1.82, 2.24) is 0 Å². The highest BCUT2D eigenvalue weighted by atomic mass is 35.5. The molecule has 0 bridgehead atoms. The van der Waals surface area contributed by atoms with Crippen LogP contribution >= 0.6 is 11.6 Å². The molecule has 0 aromatic heterocycles. The number of nitrogens with zero attached hydrogens (tertiary/aromatic N) is 1. The van der Waals surface area contributed by atoms with Gasteiger partial charge >= 0.3 is 0 Å². The van der Waals surface area contributed by atoms with Crippen molar-refractivity contribution in [3.05, 3.63) is 29.3 Å². The average Bonchev–Trinajstić information content (AvgIpc) is 2.41. The second kappa shape index (κ2) is 8.25. The number of para-hydroxylation sites is 1. The quantitative estimate of drug-likeness (QED) is 0.574. The number of hydrogen-bond donors (Lipinski definition) is 0. The van der Waals surface area contributed by atoms with Crippen LogP contribution in [0.25, 0.3) is 0 Å². The summed E-state index contributed by atoms with van der Waals surface area (Å²) in [6.45, 7) is 6.49. The molecular formula is C15H22ClNO3. The maximum Gasteiger partial charge on any atom is 0.243 e. The first-order valence-electron chi connectivity index (χ1n) is 6.54. The van der Waals surface area contributed by atoms with Gasteiger partial charge in [-0.3, -0.25) is 9.69 Å². The van der Waals surface area contributed by atoms with Gasteiger partial charge in [-0.1, -0.05) is 18.2 Å². The summed E-state index contributed by atoms with van der Waals surface area (Å²) >= 11 is 5.71. The minimum atomic E-state index is -0.173. The number of benzene rings is 1. The summed E-state index contributed by atoms with van der Waals surface area (Å²) in [5, 5.41) is 0. The van der Waals surface area contributed by atoms with Crippen LogP contribution in [0.15, 0.2) is 18.2 Å². The van der Waals surface area contributed by atoms with Gasteiger partial charge in [0, 0.05) is 7.11 Å². The maximum atomic E-state index is 12.1. The van der Waals surface area contributed by atoms with E-state index in [0.29, 0.717) is 6.61 Å². The SMILES string of the molecule is COCC(C)OCN(C(=O)CCl)c1c(C)cccc1C. The lowest BCUT2D eigenvalue weighted by molar-refractivity contribution is -0.118. The molecule has 1 amide bonds. The summed E-state index contributed by atoms with van der Waals surface area (Å²) in [4.78, 5) is 13.7. The number of ether oxygens (including phenoxy) is 2. The molecule has 1 aromatic rings. The molecule has 0 aliphatic heterocycles. The summed E-state index contributed by atoms with van der Waals surface area (Å²) in [5.41, 5.74) is 2.90. The van der Waals surface area contributed by atoms with E-state index in [-0.39, 0.29) is 24.6 Å². The van der Waals surface area contributed by atoms with Crippen LogP contribution < -0.4 is 4.90 Å². The molecule has 0 radical (unpaired) electrons. The van der Waals surface area contributed by atoms with E-state index in [9.17, 15) is 4.79 Å². The van der Waals surface area contributed by atoms with E-state index in [1.807, 2.05) is 39.0 Å². The van der Waals surface area contributed by atoms with Crippen LogP contribution in [0.1, 0.15) is 18.1 Å². The predicted octanol–water partition coefficient (Wildman–Crippen LogP) is 2.88. The molecule has 5 heteroatoms. The Bertz CT molecular complexity index is 430. The molecule has 1 unspecified atom stereocenters. The molecular weight excluding hydrogens is 278 g/mol. The highest BCUT2D eigenvalue weighted by molar-refractivity contribution is 6.29. The molecule has 112 valence electrons. The van der Waals surface area contributed by atoms with Crippen LogP contribution in [-0.2, 0) is 14.3 Å². The number of methoxy groups -OCH3 is 1. The summed E-state index contributed by atoms with van der Waals surface area (Å²) < 4.78 is 10.7. The first-order chi connectivity index (χ1) is 9.51. The topological polar surface area (TPSA) is 38.8 Å². The molecule has 1 aromatic carbocycles. The van der Waals surface area contributed by atoms with Crippen LogP contribution in [0.4, 0.5) is 5.69 Å². The first-order valence-corrected chi connectivity index (χ1v) is 7.07. The van der Waals surface area contributed by atoms with Gasteiger partial charge in [0.15, 0.2) is 0 Å². The molecule has 1 atom stereocenters. The largest absolute Gasteiger partial charge is 0.382 e. The zero-order chi connectivity index (χ0) is 15.1. The van der Waals surface area contributed by atoms with Gasteiger partial charge in [0.05, 0.1) is 18.4 Å². The van der Waals surface area contributed by atoms with Crippen molar-refractivity contribution in [2.24, 2.45) is 0 Å². The zero-order valence-electron chi connectivity index (χ0n) is 12.5. The van der Waals surface area contributed by atoms with E-state index in [2.05, 4.69) is 0 Å². The maximum absolute atomic E-state index is 12.1. The molecule has 4 nitrogen and oxygen atoms in total. The predicted molar refractivity (Wildman–Crippen MR) is 81.4 cm³/mol. The van der Waals surface area contributed by atoms with Crippen molar-refractivity contribution in [3.63, 3.8) is 0 Å². The molecule has 20 heavy (non-hydrogen) atoms. The van der Waals surface area contributed by atoms with Crippen LogP contribution in [0.3, 0.4) is 0 Å². The Hall–Kier alpha value is -1.10. The van der Waals surface area contributed by atoms with Gasteiger partial charge in [-0.05, 0) is 31.9 Å². The lowest BCUT2D eigenvalue weighted by atomic mass is 10.1. The Morgan fingerprint density at radius 2 is 1.95 bits per heavy atom. The summed E-state index contributed by atoms with van der Waals surface area (Å²) in [5.74, 6) is -0.246. The van der Waals surface area contributed by atoms with E-state index in [1.54, 1.807) is 12.0 Å². The van der Waals surface area contributed by atoms with E-state index in [1.165, 1.54) is 0 Å². The van der Waals surface area contributed by atoms with Crippen LogP contribution in [0.5, 0.6) is 0 Å². The van der Waals surface area contributed by atoms with E-state index in [0.717, 1.165) is 16.8 Å². The number of rotatable bonds is 7. The molecule has 0 N–H and O–H groups in total. The van der Waals surface area contributed by atoms with E-state index < -0.39 is 0 Å². The Morgan fingerprint density at radius 1 is 1.35 bits per heavy atom. The number of alkyl halides is 1. The van der Waals surface area contributed by atoms with Gasteiger partial charge in [-0.2, -0.15) is 0 Å². The van der Waals surface area contributed by atoms with Crippen molar-refractivity contribution in [2.75, 3.05) is 31.2 Å².